The van der Waals surface area contributed by atoms with Crippen molar-refractivity contribution in [1.82, 2.24) is 4.98 Å². The molecule has 66 valence electrons. The maximum Gasteiger partial charge on any atom is 0.101 e. The van der Waals surface area contributed by atoms with Crippen LogP contribution in [-0.4, -0.2) is 4.98 Å². The van der Waals surface area contributed by atoms with Gasteiger partial charge in [-0.25, -0.2) is 0 Å². The van der Waals surface area contributed by atoms with E-state index in [1.807, 2.05) is 31.3 Å². The molecule has 0 aliphatic rings. The lowest BCUT2D eigenvalue weighted by atomic mass is 10.2. The third-order valence-electron chi connectivity index (χ3n) is 1.94. The molecule has 2 aromatic rings. The quantitative estimate of drug-likeness (QED) is 0.662. The topological polar surface area (TPSA) is 26.0 Å². The molecule has 0 saturated heterocycles. The Morgan fingerprint density at radius 1 is 1.23 bits per heavy atom. The van der Waals surface area contributed by atoms with Crippen LogP contribution in [0.3, 0.4) is 0 Å². The molecule has 2 rings (SSSR count). The van der Waals surface area contributed by atoms with Crippen molar-refractivity contribution in [3.05, 3.63) is 42.0 Å². The second-order valence-corrected chi connectivity index (χ2v) is 3.16. The summed E-state index contributed by atoms with van der Waals surface area (Å²) in [6.07, 6.45) is 3.55. The second-order valence-electron chi connectivity index (χ2n) is 3.16. The average molecular weight is 173 g/mol. The van der Waals surface area contributed by atoms with E-state index in [-0.39, 0.29) is 0 Å². The Bertz CT molecular complexity index is 418. The lowest BCUT2D eigenvalue weighted by molar-refractivity contribution is 0.535. The highest BCUT2D eigenvalue weighted by Gasteiger charge is 2.01. The molecular formula is C11H11NO. The summed E-state index contributed by atoms with van der Waals surface area (Å²) in [7, 11) is 0. The van der Waals surface area contributed by atoms with Gasteiger partial charge in [0.2, 0.25) is 0 Å². The standard InChI is InChI=1S/C11H11NO/c1-8-3-4-12-11(5-8)10-6-9(2)13-7-10/h3-7H,1-2H3. The number of rotatable bonds is 1. The number of hydrogen-bond donors (Lipinski definition) is 0. The molecule has 0 amide bonds. The number of aromatic nitrogens is 1. The van der Waals surface area contributed by atoms with Gasteiger partial charge in [-0.2, -0.15) is 0 Å². The summed E-state index contributed by atoms with van der Waals surface area (Å²) in [5, 5.41) is 0. The van der Waals surface area contributed by atoms with Crippen molar-refractivity contribution >= 4 is 0 Å². The first-order valence-electron chi connectivity index (χ1n) is 4.24. The Balaban J connectivity index is 2.46. The van der Waals surface area contributed by atoms with Gasteiger partial charge in [0.15, 0.2) is 0 Å². The second kappa shape index (κ2) is 3.05. The van der Waals surface area contributed by atoms with Crippen LogP contribution in [0.2, 0.25) is 0 Å². The van der Waals surface area contributed by atoms with Gasteiger partial charge in [0, 0.05) is 11.8 Å². The first-order chi connectivity index (χ1) is 6.25. The van der Waals surface area contributed by atoms with E-state index in [0.29, 0.717) is 0 Å². The highest BCUT2D eigenvalue weighted by Crippen LogP contribution is 2.19. The van der Waals surface area contributed by atoms with Crippen LogP contribution in [-0.2, 0) is 0 Å². The summed E-state index contributed by atoms with van der Waals surface area (Å²) in [5.74, 6) is 0.915. The molecule has 2 heterocycles. The van der Waals surface area contributed by atoms with E-state index in [4.69, 9.17) is 4.42 Å². The van der Waals surface area contributed by atoms with Gasteiger partial charge in [0.25, 0.3) is 0 Å². The summed E-state index contributed by atoms with van der Waals surface area (Å²) in [6, 6.07) is 6.02. The van der Waals surface area contributed by atoms with Gasteiger partial charge in [-0.15, -0.1) is 0 Å². The van der Waals surface area contributed by atoms with Crippen molar-refractivity contribution in [3.8, 4) is 11.3 Å². The zero-order chi connectivity index (χ0) is 9.26. The van der Waals surface area contributed by atoms with Crippen LogP contribution in [0, 0.1) is 13.8 Å². The Hall–Kier alpha value is -1.57. The number of aryl methyl sites for hydroxylation is 2. The molecule has 2 heteroatoms. The van der Waals surface area contributed by atoms with Gasteiger partial charge in [-0.1, -0.05) is 0 Å². The van der Waals surface area contributed by atoms with Gasteiger partial charge in [-0.3, -0.25) is 4.98 Å². The highest BCUT2D eigenvalue weighted by atomic mass is 16.3. The zero-order valence-electron chi connectivity index (χ0n) is 7.74. The molecule has 0 aliphatic heterocycles. The van der Waals surface area contributed by atoms with Gasteiger partial charge < -0.3 is 4.42 Å². The van der Waals surface area contributed by atoms with Crippen molar-refractivity contribution in [2.24, 2.45) is 0 Å². The van der Waals surface area contributed by atoms with Crippen LogP contribution in [0.1, 0.15) is 11.3 Å². The van der Waals surface area contributed by atoms with E-state index in [1.165, 1.54) is 5.56 Å². The third-order valence-corrected chi connectivity index (χ3v) is 1.94. The molecule has 0 aliphatic carbocycles. The minimum absolute atomic E-state index is 0.915. The third kappa shape index (κ3) is 1.61. The first kappa shape index (κ1) is 8.05. The van der Waals surface area contributed by atoms with E-state index >= 15 is 0 Å². The minimum Gasteiger partial charge on any atom is -0.469 e. The van der Waals surface area contributed by atoms with Gasteiger partial charge in [0.05, 0.1) is 5.69 Å². The number of furan rings is 1. The molecule has 0 radical (unpaired) electrons. The fourth-order valence-electron chi connectivity index (χ4n) is 1.27. The van der Waals surface area contributed by atoms with Crippen LogP contribution >= 0.6 is 0 Å². The van der Waals surface area contributed by atoms with E-state index < -0.39 is 0 Å². The monoisotopic (exact) mass is 173 g/mol. The molecule has 0 N–H and O–H groups in total. The predicted octanol–water partition coefficient (Wildman–Crippen LogP) is 2.96. The Morgan fingerprint density at radius 3 is 2.69 bits per heavy atom. The molecule has 13 heavy (non-hydrogen) atoms. The highest BCUT2D eigenvalue weighted by molar-refractivity contribution is 5.58. The lowest BCUT2D eigenvalue weighted by Gasteiger charge is -1.96. The van der Waals surface area contributed by atoms with E-state index in [9.17, 15) is 0 Å². The maximum atomic E-state index is 5.22. The molecule has 0 bridgehead atoms. The predicted molar refractivity (Wildman–Crippen MR) is 51.4 cm³/mol. The molecule has 0 atom stereocenters. The van der Waals surface area contributed by atoms with E-state index in [0.717, 1.165) is 17.0 Å². The first-order valence-corrected chi connectivity index (χ1v) is 4.24. The van der Waals surface area contributed by atoms with Crippen LogP contribution < -0.4 is 0 Å². The minimum atomic E-state index is 0.915. The lowest BCUT2D eigenvalue weighted by Crippen LogP contribution is -1.81. The smallest absolute Gasteiger partial charge is 0.101 e. The fourth-order valence-corrected chi connectivity index (χ4v) is 1.27. The zero-order valence-corrected chi connectivity index (χ0v) is 7.74. The molecule has 2 nitrogen and oxygen atoms in total. The van der Waals surface area contributed by atoms with Gasteiger partial charge in [-0.05, 0) is 37.6 Å². The van der Waals surface area contributed by atoms with Crippen molar-refractivity contribution in [3.63, 3.8) is 0 Å². The maximum absolute atomic E-state index is 5.22. The molecule has 0 spiro atoms. The van der Waals surface area contributed by atoms with Crippen molar-refractivity contribution in [1.29, 1.82) is 0 Å². The van der Waals surface area contributed by atoms with Crippen molar-refractivity contribution in [2.75, 3.05) is 0 Å². The number of pyridine rings is 1. The van der Waals surface area contributed by atoms with Crippen molar-refractivity contribution in [2.45, 2.75) is 13.8 Å². The largest absolute Gasteiger partial charge is 0.469 e. The van der Waals surface area contributed by atoms with Gasteiger partial charge >= 0.3 is 0 Å². The molecular weight excluding hydrogens is 162 g/mol. The van der Waals surface area contributed by atoms with E-state index in [2.05, 4.69) is 11.9 Å². The average Bonchev–Trinajstić information content (AvgIpc) is 2.52. The summed E-state index contributed by atoms with van der Waals surface area (Å²) >= 11 is 0. The van der Waals surface area contributed by atoms with Crippen LogP contribution in [0.25, 0.3) is 11.3 Å². The Labute approximate surface area is 77.2 Å². The summed E-state index contributed by atoms with van der Waals surface area (Å²) in [5.41, 5.74) is 3.22. The molecule has 0 aromatic carbocycles. The number of hydrogen-bond acceptors (Lipinski definition) is 2. The molecule has 2 aromatic heterocycles. The summed E-state index contributed by atoms with van der Waals surface area (Å²) in [6.45, 7) is 3.98. The van der Waals surface area contributed by atoms with Gasteiger partial charge in [0.1, 0.15) is 12.0 Å². The molecule has 0 unspecified atom stereocenters. The molecule has 0 fully saturated rings. The summed E-state index contributed by atoms with van der Waals surface area (Å²) < 4.78 is 5.22. The summed E-state index contributed by atoms with van der Waals surface area (Å²) in [4.78, 5) is 4.26. The SMILES string of the molecule is Cc1ccnc(-c2coc(C)c2)c1. The normalized spacial score (nSPS) is 10.3. The number of nitrogens with zero attached hydrogens (tertiary/aromatic N) is 1. The Kier molecular flexibility index (Phi) is 1.89. The van der Waals surface area contributed by atoms with E-state index in [1.54, 1.807) is 6.26 Å². The van der Waals surface area contributed by atoms with Crippen molar-refractivity contribution < 1.29 is 4.42 Å². The van der Waals surface area contributed by atoms with Crippen LogP contribution in [0.15, 0.2) is 35.1 Å². The fraction of sp³-hybridized carbons (Fsp3) is 0.182. The Morgan fingerprint density at radius 2 is 2.08 bits per heavy atom. The van der Waals surface area contributed by atoms with Crippen LogP contribution in [0.4, 0.5) is 0 Å². The van der Waals surface area contributed by atoms with Crippen LogP contribution in [0.5, 0.6) is 0 Å². The molecule has 0 saturated carbocycles.